The molecule has 82 heavy (non-hydrogen) atoms. The quantitative estimate of drug-likeness (QED) is 0.0480. The van der Waals surface area contributed by atoms with E-state index in [4.69, 9.17) is 29.8 Å². The molecule has 23 nitrogen and oxygen atoms in total. The average molecular weight is 1220 g/mol. The summed E-state index contributed by atoms with van der Waals surface area (Å²) in [7, 11) is 2.93. The summed E-state index contributed by atoms with van der Waals surface area (Å²) in [5.74, 6) is -4.11. The highest BCUT2D eigenvalue weighted by molar-refractivity contribution is 7.15. The van der Waals surface area contributed by atoms with Crippen LogP contribution in [-0.4, -0.2) is 107 Å². The first kappa shape index (κ1) is 59.0. The molecule has 29 heteroatoms. The van der Waals surface area contributed by atoms with Gasteiger partial charge >= 0.3 is 5.97 Å². The van der Waals surface area contributed by atoms with Gasteiger partial charge in [0, 0.05) is 59.0 Å². The maximum absolute atomic E-state index is 14.3. The standard InChI is InChI=1S/C53H53N13O10S6/c1-24(2)39-53-66-42(33(82-53)19-76-5)46(74)55-18-37(69)63-43(44(72)26-11-7-6-8-12-26)52-60-32(22-79-52)50-58-30(20-78-50)41-27(15-16-28(56-41)49-62-34(23-80-49)61-35(67)13-9-10-14-38(70)71)48-59-31(21-77-48)45(73)57-29(17-36(68)54-4)51-65-40(25(3)81-51)47(75)64-39/h6-8,11-12,15-16,20-24,29,39,43-44,72H,9-10,13-14,17-19H2,1-5H3,(H,54,68)(H,55,74)(H,57,73)(H,61,67)(H,63,69)(H,64,75)(H,70,71)/t29-,39?,43-,44-/m0/s1. The molecule has 0 saturated heterocycles. The lowest BCUT2D eigenvalue weighted by atomic mass is 10.0. The molecule has 1 unspecified atom stereocenters. The van der Waals surface area contributed by atoms with Crippen LogP contribution >= 0.6 is 68.0 Å². The Kier molecular flexibility index (Phi) is 19.1. The second-order valence-electron chi connectivity index (χ2n) is 18.8. The molecule has 8 heterocycles. The Labute approximate surface area is 492 Å². The highest BCUT2D eigenvalue weighted by Gasteiger charge is 2.33. The number of aryl methyl sites for hydroxylation is 1. The highest BCUT2D eigenvalue weighted by Crippen LogP contribution is 2.40. The van der Waals surface area contributed by atoms with E-state index < -0.39 is 66.3 Å². The maximum Gasteiger partial charge on any atom is 0.303 e. The molecule has 1 aromatic carbocycles. The molecule has 7 aromatic heterocycles. The largest absolute Gasteiger partial charge is 0.481 e. The molecule has 10 bridgehead atoms. The van der Waals surface area contributed by atoms with Gasteiger partial charge < -0.3 is 46.9 Å². The summed E-state index contributed by atoms with van der Waals surface area (Å²) >= 11 is 7.15. The SMILES string of the molecule is CNC(=O)C[C@@H]1NC(=O)c2csc(n2)-c2ccc(-c3nc(NC(=O)CCCCC(=O)O)cs3)nc2-c2csc(n2)-c2csc(n2)[C@H]([C@@H](O)c2ccccc2)NC(=O)CNC(=O)c2nc(sc2COC)C(C(C)C)NC(=O)c2nc1sc2C. The van der Waals surface area contributed by atoms with Crippen LogP contribution in [0, 0.1) is 12.8 Å². The van der Waals surface area contributed by atoms with Gasteiger partial charge in [-0.2, -0.15) is 0 Å². The lowest BCUT2D eigenvalue weighted by molar-refractivity contribution is -0.137. The third-order valence-electron chi connectivity index (χ3n) is 12.6. The number of carbonyl (C=O) groups excluding carboxylic acids is 6. The molecule has 0 spiro atoms. The number of carbonyl (C=O) groups is 7. The van der Waals surface area contributed by atoms with E-state index in [1.165, 1.54) is 70.8 Å². The minimum absolute atomic E-state index is 0.000131. The van der Waals surface area contributed by atoms with Crippen molar-refractivity contribution in [2.45, 2.75) is 83.7 Å². The molecule has 8 N–H and O–H groups in total. The van der Waals surface area contributed by atoms with Gasteiger partial charge in [0.1, 0.15) is 82.2 Å². The number of benzene rings is 1. The molecule has 8 aromatic rings. The zero-order valence-corrected chi connectivity index (χ0v) is 49.3. The lowest BCUT2D eigenvalue weighted by Crippen LogP contribution is -2.40. The van der Waals surface area contributed by atoms with Crippen molar-refractivity contribution in [3.05, 3.63) is 111 Å². The van der Waals surface area contributed by atoms with Gasteiger partial charge in [-0.15, -0.1) is 68.0 Å². The van der Waals surface area contributed by atoms with Gasteiger partial charge in [0.25, 0.3) is 17.7 Å². The van der Waals surface area contributed by atoms with Gasteiger partial charge in [0.05, 0.1) is 42.2 Å². The van der Waals surface area contributed by atoms with Crippen LogP contribution < -0.4 is 31.9 Å². The van der Waals surface area contributed by atoms with Crippen LogP contribution in [0.3, 0.4) is 0 Å². The maximum atomic E-state index is 14.3. The van der Waals surface area contributed by atoms with Gasteiger partial charge in [0.2, 0.25) is 17.7 Å². The fourth-order valence-electron chi connectivity index (χ4n) is 8.41. The van der Waals surface area contributed by atoms with Crippen molar-refractivity contribution in [1.82, 2.24) is 61.5 Å². The Balaban J connectivity index is 1.11. The third kappa shape index (κ3) is 14.0. The van der Waals surface area contributed by atoms with Crippen molar-refractivity contribution in [3.63, 3.8) is 0 Å². The first-order valence-corrected chi connectivity index (χ1v) is 30.6. The van der Waals surface area contributed by atoms with Gasteiger partial charge in [-0.05, 0) is 43.4 Å². The van der Waals surface area contributed by atoms with Crippen molar-refractivity contribution in [2.24, 2.45) is 5.92 Å². The fourth-order valence-corrected chi connectivity index (χ4v) is 13.9. The number of amides is 6. The highest BCUT2D eigenvalue weighted by atomic mass is 32.1. The normalized spacial score (nSPS) is 16.4. The number of anilines is 1. The number of carboxylic acids is 1. The van der Waals surface area contributed by atoms with Crippen molar-refractivity contribution in [2.75, 3.05) is 26.0 Å². The molecule has 9 rings (SSSR count). The Hall–Kier alpha value is -7.64. The summed E-state index contributed by atoms with van der Waals surface area (Å²) in [5, 5.41) is 46.8. The van der Waals surface area contributed by atoms with E-state index in [0.29, 0.717) is 87.4 Å². The number of aromatic nitrogens is 7. The average Bonchev–Trinajstić information content (AvgIpc) is 4.45. The van der Waals surface area contributed by atoms with Crippen molar-refractivity contribution in [1.29, 1.82) is 0 Å². The van der Waals surface area contributed by atoms with Crippen molar-refractivity contribution >= 4 is 115 Å². The number of carboxylic acid groups (broad SMARTS) is 1. The lowest BCUT2D eigenvalue weighted by Gasteiger charge is -2.23. The van der Waals surface area contributed by atoms with Crippen LogP contribution in [0.1, 0.15) is 132 Å². The van der Waals surface area contributed by atoms with Crippen molar-refractivity contribution < 1.29 is 48.5 Å². The van der Waals surface area contributed by atoms with Crippen LogP contribution in [0.2, 0.25) is 0 Å². The molecule has 0 fully saturated rings. The second kappa shape index (κ2) is 26.5. The number of thiazole rings is 6. The first-order valence-electron chi connectivity index (χ1n) is 25.4. The molecule has 0 radical (unpaired) electrons. The summed E-state index contributed by atoms with van der Waals surface area (Å²) in [6.45, 7) is 4.95. The summed E-state index contributed by atoms with van der Waals surface area (Å²) in [4.78, 5) is 128. The number of ether oxygens (including phenoxy) is 1. The van der Waals surface area contributed by atoms with Crippen LogP contribution in [0.25, 0.3) is 43.4 Å². The minimum atomic E-state index is -1.28. The Morgan fingerprint density at radius 1 is 0.683 bits per heavy atom. The molecule has 0 aliphatic carbocycles. The number of nitrogens with zero attached hydrogens (tertiary/aromatic N) is 7. The zero-order valence-electron chi connectivity index (χ0n) is 44.4. The molecular formula is C53H53N13O10S6. The molecule has 4 atom stereocenters. The van der Waals surface area contributed by atoms with Crippen LogP contribution in [0.15, 0.2) is 64.0 Å². The zero-order chi connectivity index (χ0) is 58.2. The molecular weight excluding hydrogens is 1170 g/mol. The van der Waals surface area contributed by atoms with E-state index in [2.05, 4.69) is 46.9 Å². The number of rotatable bonds is 14. The number of aliphatic hydroxyl groups excluding tert-OH is 1. The van der Waals surface area contributed by atoms with E-state index in [9.17, 15) is 38.7 Å². The molecule has 0 saturated carbocycles. The number of unbranched alkanes of at least 4 members (excludes halogenated alkanes) is 1. The summed E-state index contributed by atoms with van der Waals surface area (Å²) in [6, 6.07) is 9.45. The topological polar surface area (TPSA) is 332 Å². The number of nitrogens with one attached hydrogen (secondary N) is 6. The number of pyridine rings is 1. The minimum Gasteiger partial charge on any atom is -0.481 e. The first-order chi connectivity index (χ1) is 39.5. The molecule has 6 amide bonds. The molecule has 426 valence electrons. The van der Waals surface area contributed by atoms with Crippen LogP contribution in [-0.2, 0) is 30.5 Å². The Bertz CT molecular complexity index is 3660. The third-order valence-corrected chi connectivity index (χ3v) is 18.3. The summed E-state index contributed by atoms with van der Waals surface area (Å²) < 4.78 is 5.44. The van der Waals surface area contributed by atoms with E-state index in [-0.39, 0.29) is 59.8 Å². The van der Waals surface area contributed by atoms with Gasteiger partial charge in [-0.3, -0.25) is 33.6 Å². The molecule has 1 aliphatic heterocycles. The number of hydrogen-bond acceptors (Lipinski definition) is 22. The number of fused-ring (bicyclic) bond motifs is 14. The molecule has 1 aliphatic rings. The van der Waals surface area contributed by atoms with Gasteiger partial charge in [-0.1, -0.05) is 44.2 Å². The predicted octanol–water partition coefficient (Wildman–Crippen LogP) is 7.90. The second-order valence-corrected chi connectivity index (χ2v) is 24.6. The predicted molar refractivity (Wildman–Crippen MR) is 312 cm³/mol. The smallest absolute Gasteiger partial charge is 0.303 e. The van der Waals surface area contributed by atoms with Crippen molar-refractivity contribution in [3.8, 4) is 43.4 Å². The van der Waals surface area contributed by atoms with E-state index in [0.717, 1.165) is 11.3 Å². The summed E-state index contributed by atoms with van der Waals surface area (Å²) in [6.07, 6.45) is -0.679. The summed E-state index contributed by atoms with van der Waals surface area (Å²) in [5.41, 5.74) is 2.68. The van der Waals surface area contributed by atoms with Crippen LogP contribution in [0.4, 0.5) is 5.82 Å². The van der Waals surface area contributed by atoms with Crippen LogP contribution in [0.5, 0.6) is 0 Å². The number of aliphatic carboxylic acids is 1. The monoisotopic (exact) mass is 1220 g/mol. The number of aliphatic hydroxyl groups is 1. The number of hydrogen-bond donors (Lipinski definition) is 8. The number of methoxy groups -OCH3 is 1. The fraction of sp³-hybridized carbons (Fsp3) is 0.321. The van der Waals surface area contributed by atoms with E-state index in [1.807, 2.05) is 13.8 Å². The Morgan fingerprint density at radius 2 is 1.39 bits per heavy atom. The Morgan fingerprint density at radius 3 is 2.15 bits per heavy atom. The van der Waals surface area contributed by atoms with E-state index >= 15 is 0 Å². The van der Waals surface area contributed by atoms with Gasteiger partial charge in [0.15, 0.2) is 0 Å². The van der Waals surface area contributed by atoms with E-state index in [1.54, 1.807) is 70.9 Å². The van der Waals surface area contributed by atoms with Gasteiger partial charge in [-0.25, -0.2) is 34.9 Å².